The number of furan rings is 1. The number of hydrogen-bond donors (Lipinski definition) is 0. The van der Waals surface area contributed by atoms with Crippen molar-refractivity contribution >= 4 is 81.3 Å². The van der Waals surface area contributed by atoms with Crippen molar-refractivity contribution in [3.63, 3.8) is 0 Å². The van der Waals surface area contributed by atoms with E-state index in [-0.39, 0.29) is 0 Å². The van der Waals surface area contributed by atoms with Gasteiger partial charge in [-0.05, 0) is 99.4 Å². The van der Waals surface area contributed by atoms with Crippen LogP contribution in [-0.4, -0.2) is 0 Å². The normalized spacial score (nSPS) is 11.6. The predicted octanol–water partition coefficient (Wildman–Crippen LogP) is 15.6. The molecule has 9 aromatic carbocycles. The maximum atomic E-state index is 6.53. The largest absolute Gasteiger partial charge is 0.455 e. The van der Waals surface area contributed by atoms with E-state index in [1.165, 1.54) is 47.8 Å². The highest BCUT2D eigenvalue weighted by Gasteiger charge is 2.17. The number of anilines is 3. The first-order chi connectivity index (χ1) is 27.2. The highest BCUT2D eigenvalue weighted by molar-refractivity contribution is 7.26. The van der Waals surface area contributed by atoms with Gasteiger partial charge in [-0.2, -0.15) is 0 Å². The highest BCUT2D eigenvalue weighted by atomic mass is 32.1. The fraction of sp³-hybridized carbons (Fsp3) is 0. The Hall–Kier alpha value is -6.94. The first-order valence-electron chi connectivity index (χ1n) is 18.7. The Labute approximate surface area is 322 Å². The summed E-state index contributed by atoms with van der Waals surface area (Å²) in [7, 11) is 0. The molecule has 55 heavy (non-hydrogen) atoms. The third-order valence-electron chi connectivity index (χ3n) is 10.9. The summed E-state index contributed by atoms with van der Waals surface area (Å²) in [5.74, 6) is 0. The number of hydrogen-bond acceptors (Lipinski definition) is 3. The average molecular weight is 720 g/mol. The van der Waals surface area contributed by atoms with Crippen LogP contribution in [0.25, 0.3) is 86.3 Å². The van der Waals surface area contributed by atoms with Gasteiger partial charge in [-0.25, -0.2) is 0 Å². The molecule has 2 aromatic heterocycles. The fourth-order valence-electron chi connectivity index (χ4n) is 8.15. The highest BCUT2D eigenvalue weighted by Crippen LogP contribution is 2.43. The number of benzene rings is 9. The second kappa shape index (κ2) is 12.9. The summed E-state index contributed by atoms with van der Waals surface area (Å²) in [6, 6.07) is 72.1. The monoisotopic (exact) mass is 719 g/mol. The summed E-state index contributed by atoms with van der Waals surface area (Å²) in [6.45, 7) is 0. The van der Waals surface area contributed by atoms with Crippen LogP contribution in [0.2, 0.25) is 0 Å². The van der Waals surface area contributed by atoms with Gasteiger partial charge in [0.2, 0.25) is 0 Å². The van der Waals surface area contributed by atoms with E-state index in [0.29, 0.717) is 0 Å². The molecule has 0 bridgehead atoms. The van der Waals surface area contributed by atoms with Crippen molar-refractivity contribution in [1.82, 2.24) is 0 Å². The molecule has 0 amide bonds. The smallest absolute Gasteiger partial charge is 0.143 e. The molecule has 0 saturated heterocycles. The lowest BCUT2D eigenvalue weighted by Gasteiger charge is -2.26. The van der Waals surface area contributed by atoms with E-state index in [1.54, 1.807) is 0 Å². The van der Waals surface area contributed by atoms with Crippen molar-refractivity contribution in [1.29, 1.82) is 0 Å². The van der Waals surface area contributed by atoms with Crippen molar-refractivity contribution in [3.8, 4) is 33.4 Å². The van der Waals surface area contributed by atoms with Crippen LogP contribution in [0.1, 0.15) is 0 Å². The summed E-state index contributed by atoms with van der Waals surface area (Å²) in [4.78, 5) is 2.36. The number of fused-ring (bicyclic) bond motifs is 8. The molecule has 0 fully saturated rings. The van der Waals surface area contributed by atoms with Gasteiger partial charge in [0.25, 0.3) is 0 Å². The predicted molar refractivity (Wildman–Crippen MR) is 235 cm³/mol. The van der Waals surface area contributed by atoms with Gasteiger partial charge >= 0.3 is 0 Å². The molecular weight excluding hydrogens is 687 g/mol. The zero-order chi connectivity index (χ0) is 36.3. The minimum absolute atomic E-state index is 0.901. The lowest BCUT2D eigenvalue weighted by molar-refractivity contribution is 0.673. The minimum atomic E-state index is 0.901. The SMILES string of the molecule is c1ccc(-c2ccc(N(c3ccc(-c4ccc5c(c4)oc4c6ccccc6ccc54)cc3)c3cccc(-c4cccc5c4sc4ccccc45)c3)cc2)cc1. The molecular formula is C52H33NOS. The molecule has 0 radical (unpaired) electrons. The number of rotatable bonds is 6. The first-order valence-corrected chi connectivity index (χ1v) is 19.5. The quantitative estimate of drug-likeness (QED) is 0.170. The Morgan fingerprint density at radius 2 is 0.982 bits per heavy atom. The second-order valence-electron chi connectivity index (χ2n) is 14.1. The molecule has 0 aliphatic heterocycles. The van der Waals surface area contributed by atoms with Crippen molar-refractivity contribution in [2.75, 3.05) is 4.90 Å². The van der Waals surface area contributed by atoms with E-state index < -0.39 is 0 Å². The van der Waals surface area contributed by atoms with Gasteiger partial charge in [0.05, 0.1) is 0 Å². The van der Waals surface area contributed by atoms with Gasteiger partial charge in [0.15, 0.2) is 0 Å². The molecule has 2 heterocycles. The molecule has 3 heteroatoms. The molecule has 0 saturated carbocycles. The summed E-state index contributed by atoms with van der Waals surface area (Å²) < 4.78 is 9.16. The Morgan fingerprint density at radius 3 is 1.80 bits per heavy atom. The van der Waals surface area contributed by atoms with Gasteiger partial charge in [-0.3, -0.25) is 0 Å². The minimum Gasteiger partial charge on any atom is -0.455 e. The van der Waals surface area contributed by atoms with E-state index in [0.717, 1.165) is 55.5 Å². The van der Waals surface area contributed by atoms with Crippen LogP contribution in [-0.2, 0) is 0 Å². The van der Waals surface area contributed by atoms with Crippen LogP contribution < -0.4 is 4.90 Å². The third kappa shape index (κ3) is 5.40. The van der Waals surface area contributed by atoms with Crippen molar-refractivity contribution in [3.05, 3.63) is 200 Å². The third-order valence-corrected chi connectivity index (χ3v) is 12.1. The molecule has 11 rings (SSSR count). The maximum absolute atomic E-state index is 6.53. The Bertz CT molecular complexity index is 3190. The molecule has 258 valence electrons. The topological polar surface area (TPSA) is 16.4 Å². The first kappa shape index (κ1) is 31.6. The summed E-state index contributed by atoms with van der Waals surface area (Å²) >= 11 is 1.87. The summed E-state index contributed by atoms with van der Waals surface area (Å²) in [6.07, 6.45) is 0. The fourth-order valence-corrected chi connectivity index (χ4v) is 9.39. The van der Waals surface area contributed by atoms with Crippen molar-refractivity contribution in [2.24, 2.45) is 0 Å². The van der Waals surface area contributed by atoms with Crippen molar-refractivity contribution in [2.45, 2.75) is 0 Å². The van der Waals surface area contributed by atoms with E-state index >= 15 is 0 Å². The van der Waals surface area contributed by atoms with Crippen LogP contribution in [0.3, 0.4) is 0 Å². The van der Waals surface area contributed by atoms with Crippen LogP contribution >= 0.6 is 11.3 Å². The molecule has 2 nitrogen and oxygen atoms in total. The second-order valence-corrected chi connectivity index (χ2v) is 15.2. The standard InChI is InChI=1S/C52H33NOS/c1-2-10-34(11-3-1)35-20-26-40(27-21-35)53(42-14-8-13-39(32-42)44-17-9-18-48-46-16-6-7-19-50(46)55-52(44)48)41-28-22-36(23-29-41)38-25-30-45-47-31-24-37-12-4-5-15-43(37)51(47)54-49(45)33-38/h1-33H. The van der Waals surface area contributed by atoms with Crippen LogP contribution in [0.5, 0.6) is 0 Å². The van der Waals surface area contributed by atoms with Gasteiger partial charge in [0.1, 0.15) is 11.2 Å². The Morgan fingerprint density at radius 1 is 0.364 bits per heavy atom. The van der Waals surface area contributed by atoms with Crippen molar-refractivity contribution < 1.29 is 4.42 Å². The van der Waals surface area contributed by atoms with Gasteiger partial charge in [-0.1, -0.05) is 140 Å². The zero-order valence-corrected chi connectivity index (χ0v) is 30.6. The Balaban J connectivity index is 1.00. The maximum Gasteiger partial charge on any atom is 0.143 e. The lowest BCUT2D eigenvalue weighted by atomic mass is 10.0. The van der Waals surface area contributed by atoms with Gasteiger partial charge in [-0.15, -0.1) is 11.3 Å². The van der Waals surface area contributed by atoms with Crippen LogP contribution in [0, 0.1) is 0 Å². The molecule has 0 aliphatic carbocycles. The molecule has 0 atom stereocenters. The molecule has 0 unspecified atom stereocenters. The number of thiophene rings is 1. The van der Waals surface area contributed by atoms with Crippen LogP contribution in [0.4, 0.5) is 17.1 Å². The zero-order valence-electron chi connectivity index (χ0n) is 29.8. The average Bonchev–Trinajstić information content (AvgIpc) is 3.83. The molecule has 0 aliphatic rings. The van der Waals surface area contributed by atoms with Crippen LogP contribution in [0.15, 0.2) is 205 Å². The Kier molecular flexibility index (Phi) is 7.39. The van der Waals surface area contributed by atoms with E-state index in [9.17, 15) is 0 Å². The van der Waals surface area contributed by atoms with E-state index in [1.807, 2.05) is 11.3 Å². The summed E-state index contributed by atoms with van der Waals surface area (Å²) in [5, 5.41) is 7.23. The number of nitrogens with zero attached hydrogens (tertiary/aromatic N) is 1. The lowest BCUT2D eigenvalue weighted by Crippen LogP contribution is -2.10. The molecule has 0 spiro atoms. The van der Waals surface area contributed by atoms with E-state index in [2.05, 4.69) is 205 Å². The molecule has 11 aromatic rings. The summed E-state index contributed by atoms with van der Waals surface area (Å²) in [5.41, 5.74) is 12.3. The van der Waals surface area contributed by atoms with E-state index in [4.69, 9.17) is 4.42 Å². The molecule has 0 N–H and O–H groups in total. The van der Waals surface area contributed by atoms with Gasteiger partial charge in [0, 0.05) is 53.4 Å². The van der Waals surface area contributed by atoms with Gasteiger partial charge < -0.3 is 9.32 Å².